The Hall–Kier alpha value is -2.41. The van der Waals surface area contributed by atoms with Gasteiger partial charge in [0.05, 0.1) is 0 Å². The van der Waals surface area contributed by atoms with Gasteiger partial charge in [0.1, 0.15) is 0 Å². The van der Waals surface area contributed by atoms with E-state index in [1.807, 2.05) is 6.07 Å². The maximum absolute atomic E-state index is 12.4. The van der Waals surface area contributed by atoms with Crippen molar-refractivity contribution in [3.05, 3.63) is 70.8 Å². The van der Waals surface area contributed by atoms with Crippen LogP contribution < -0.4 is 0 Å². The number of hydrogen-bond donors (Lipinski definition) is 0. The molecule has 20 heavy (non-hydrogen) atoms. The number of benzene rings is 3. The second kappa shape index (κ2) is 3.37. The summed E-state index contributed by atoms with van der Waals surface area (Å²) in [6.45, 7) is 0. The first-order valence-corrected chi connectivity index (χ1v) is 7.02. The first-order valence-electron chi connectivity index (χ1n) is 7.02. The molecule has 0 heterocycles. The molecule has 3 aromatic rings. The van der Waals surface area contributed by atoms with Gasteiger partial charge in [0, 0.05) is 17.5 Å². The molecule has 1 nitrogen and oxygen atoms in total. The lowest BCUT2D eigenvalue weighted by Crippen LogP contribution is -2.16. The zero-order valence-electron chi connectivity index (χ0n) is 10.9. The van der Waals surface area contributed by atoms with Crippen molar-refractivity contribution in [1.29, 1.82) is 0 Å². The van der Waals surface area contributed by atoms with Gasteiger partial charge in [-0.3, -0.25) is 4.79 Å². The first-order chi connectivity index (χ1) is 9.83. The van der Waals surface area contributed by atoms with Crippen molar-refractivity contribution in [2.45, 2.75) is 12.8 Å². The van der Waals surface area contributed by atoms with Gasteiger partial charge in [-0.15, -0.1) is 0 Å². The molecular formula is C19H12O. The minimum absolute atomic E-state index is 0.253. The van der Waals surface area contributed by atoms with Crippen molar-refractivity contribution < 1.29 is 4.79 Å². The first kappa shape index (κ1) is 10.4. The molecule has 5 rings (SSSR count). The van der Waals surface area contributed by atoms with Crippen molar-refractivity contribution >= 4 is 16.6 Å². The van der Waals surface area contributed by atoms with Gasteiger partial charge in [-0.25, -0.2) is 0 Å². The highest BCUT2D eigenvalue weighted by Gasteiger charge is 2.29. The van der Waals surface area contributed by atoms with Crippen molar-refractivity contribution in [1.82, 2.24) is 0 Å². The molecule has 0 saturated heterocycles. The lowest BCUT2D eigenvalue weighted by Gasteiger charge is -2.28. The summed E-state index contributed by atoms with van der Waals surface area (Å²) in [6.07, 6.45) is 1.52. The Morgan fingerprint density at radius 1 is 0.700 bits per heavy atom. The highest BCUT2D eigenvalue weighted by atomic mass is 16.1. The molecule has 0 bridgehead atoms. The topological polar surface area (TPSA) is 17.1 Å². The molecule has 0 saturated carbocycles. The molecule has 0 atom stereocenters. The Kier molecular flexibility index (Phi) is 1.75. The summed E-state index contributed by atoms with van der Waals surface area (Å²) in [6, 6.07) is 16.9. The molecule has 0 N–H and O–H groups in total. The van der Waals surface area contributed by atoms with E-state index in [9.17, 15) is 4.79 Å². The molecule has 3 aromatic carbocycles. The van der Waals surface area contributed by atoms with Gasteiger partial charge in [0.25, 0.3) is 0 Å². The largest absolute Gasteiger partial charge is 0.294 e. The van der Waals surface area contributed by atoms with Crippen LogP contribution in [0, 0.1) is 0 Å². The summed E-state index contributed by atoms with van der Waals surface area (Å²) in [5.74, 6) is 0.253. The molecular weight excluding hydrogens is 244 g/mol. The monoisotopic (exact) mass is 256 g/mol. The smallest absolute Gasteiger partial charge is 0.167 e. The summed E-state index contributed by atoms with van der Waals surface area (Å²) in [4.78, 5) is 12.4. The Balaban J connectivity index is 2.09. The van der Waals surface area contributed by atoms with Crippen LogP contribution in [0.4, 0.5) is 0 Å². The Morgan fingerprint density at radius 3 is 2.35 bits per heavy atom. The van der Waals surface area contributed by atoms with Crippen LogP contribution in [-0.4, -0.2) is 5.78 Å². The number of carbonyl (C=O) groups is 1. The quantitative estimate of drug-likeness (QED) is 0.462. The molecule has 0 radical (unpaired) electrons. The number of hydrogen-bond acceptors (Lipinski definition) is 1. The van der Waals surface area contributed by atoms with Crippen LogP contribution >= 0.6 is 0 Å². The average molecular weight is 256 g/mol. The van der Waals surface area contributed by atoms with E-state index in [-0.39, 0.29) is 5.78 Å². The fourth-order valence-corrected chi connectivity index (χ4v) is 3.84. The molecule has 1 heteroatoms. The van der Waals surface area contributed by atoms with Crippen molar-refractivity contribution in [3.8, 4) is 11.1 Å². The van der Waals surface area contributed by atoms with Crippen molar-refractivity contribution in [3.63, 3.8) is 0 Å². The molecule has 0 aromatic heterocycles. The Morgan fingerprint density at radius 2 is 1.45 bits per heavy atom. The third-order valence-corrected chi connectivity index (χ3v) is 4.65. The molecule has 94 valence electrons. The standard InChI is InChI=1S/C19H12O/c20-16-10-14-6-2-5-13-9-12-4-1-3-11-7-8-15(16)19(17(11)12)18(13)14/h1-8H,9-10H2. The second-order valence-electron chi connectivity index (χ2n) is 5.73. The predicted octanol–water partition coefficient (Wildman–Crippen LogP) is 4.15. The number of rotatable bonds is 0. The van der Waals surface area contributed by atoms with Crippen LogP contribution in [0.1, 0.15) is 27.0 Å². The van der Waals surface area contributed by atoms with E-state index in [0.29, 0.717) is 6.42 Å². The summed E-state index contributed by atoms with van der Waals surface area (Å²) in [5.41, 5.74) is 7.32. The maximum atomic E-state index is 12.4. The predicted molar refractivity (Wildman–Crippen MR) is 80.2 cm³/mol. The zero-order valence-corrected chi connectivity index (χ0v) is 10.9. The van der Waals surface area contributed by atoms with Crippen LogP contribution in [0.3, 0.4) is 0 Å². The van der Waals surface area contributed by atoms with E-state index in [0.717, 1.165) is 12.0 Å². The molecule has 0 amide bonds. The van der Waals surface area contributed by atoms with Crippen LogP contribution in [0.25, 0.3) is 21.9 Å². The zero-order chi connectivity index (χ0) is 13.3. The van der Waals surface area contributed by atoms with Crippen LogP contribution in [0.2, 0.25) is 0 Å². The summed E-state index contributed by atoms with van der Waals surface area (Å²) in [7, 11) is 0. The third-order valence-electron chi connectivity index (χ3n) is 4.65. The molecule has 2 aliphatic carbocycles. The van der Waals surface area contributed by atoms with Crippen molar-refractivity contribution in [2.24, 2.45) is 0 Å². The minimum atomic E-state index is 0.253. The van der Waals surface area contributed by atoms with E-state index in [4.69, 9.17) is 0 Å². The molecule has 2 aliphatic rings. The van der Waals surface area contributed by atoms with Gasteiger partial charge in [0.15, 0.2) is 5.78 Å². The van der Waals surface area contributed by atoms with Gasteiger partial charge in [-0.05, 0) is 39.4 Å². The SMILES string of the molecule is O=C1Cc2cccc3c2-c2c1ccc1cccc(c21)C3. The molecule has 0 fully saturated rings. The number of carbonyl (C=O) groups excluding carboxylic acids is 1. The molecule has 0 unspecified atom stereocenters. The summed E-state index contributed by atoms with van der Waals surface area (Å²) >= 11 is 0. The summed E-state index contributed by atoms with van der Waals surface area (Å²) < 4.78 is 0. The fourth-order valence-electron chi connectivity index (χ4n) is 3.84. The van der Waals surface area contributed by atoms with Crippen LogP contribution in [0.5, 0.6) is 0 Å². The highest BCUT2D eigenvalue weighted by Crippen LogP contribution is 2.45. The average Bonchev–Trinajstić information content (AvgIpc) is 2.47. The van der Waals surface area contributed by atoms with Gasteiger partial charge in [-0.2, -0.15) is 0 Å². The minimum Gasteiger partial charge on any atom is -0.294 e. The highest BCUT2D eigenvalue weighted by molar-refractivity contribution is 6.16. The van der Waals surface area contributed by atoms with Crippen LogP contribution in [0.15, 0.2) is 48.5 Å². The van der Waals surface area contributed by atoms with E-state index >= 15 is 0 Å². The second-order valence-corrected chi connectivity index (χ2v) is 5.73. The Labute approximate surface area is 116 Å². The lowest BCUT2D eigenvalue weighted by molar-refractivity contribution is 0.0992. The van der Waals surface area contributed by atoms with Gasteiger partial charge >= 0.3 is 0 Å². The van der Waals surface area contributed by atoms with Gasteiger partial charge in [0.2, 0.25) is 0 Å². The van der Waals surface area contributed by atoms with E-state index in [1.54, 1.807) is 0 Å². The van der Waals surface area contributed by atoms with E-state index in [1.165, 1.54) is 38.6 Å². The van der Waals surface area contributed by atoms with Gasteiger partial charge in [-0.1, -0.05) is 48.5 Å². The fraction of sp³-hybridized carbons (Fsp3) is 0.105. The van der Waals surface area contributed by atoms with Crippen molar-refractivity contribution in [2.75, 3.05) is 0 Å². The van der Waals surface area contributed by atoms with E-state index < -0.39 is 0 Å². The summed E-state index contributed by atoms with van der Waals surface area (Å²) in [5, 5.41) is 2.54. The third kappa shape index (κ3) is 1.11. The lowest BCUT2D eigenvalue weighted by atomic mass is 9.74. The Bertz CT molecular complexity index is 918. The molecule has 0 aliphatic heterocycles. The van der Waals surface area contributed by atoms with Crippen LogP contribution in [-0.2, 0) is 12.8 Å². The molecule has 0 spiro atoms. The van der Waals surface area contributed by atoms with Gasteiger partial charge < -0.3 is 0 Å². The number of ketones is 1. The maximum Gasteiger partial charge on any atom is 0.167 e. The van der Waals surface area contributed by atoms with E-state index in [2.05, 4.69) is 42.5 Å². The number of Topliss-reactive ketones (excluding diaryl/α,β-unsaturated/α-hetero) is 1. The normalized spacial score (nSPS) is 14.7.